The summed E-state index contributed by atoms with van der Waals surface area (Å²) in [6, 6.07) is 0.513. The molecule has 1 saturated heterocycles. The predicted molar refractivity (Wildman–Crippen MR) is 69.0 cm³/mol. The number of nitrogens with one attached hydrogen (secondary N) is 1. The fraction of sp³-hybridized carbons (Fsp3) is 0.923. The summed E-state index contributed by atoms with van der Waals surface area (Å²) in [5, 5.41) is 3.20. The van der Waals surface area contributed by atoms with Crippen LogP contribution in [0.25, 0.3) is 0 Å². The lowest BCUT2D eigenvalue weighted by molar-refractivity contribution is -0.133. The van der Waals surface area contributed by atoms with Crippen molar-refractivity contribution in [2.45, 2.75) is 58.7 Å². The summed E-state index contributed by atoms with van der Waals surface area (Å²) >= 11 is 0. The molecule has 0 aromatic rings. The lowest BCUT2D eigenvalue weighted by Gasteiger charge is -2.31. The lowest BCUT2D eigenvalue weighted by Crippen LogP contribution is -2.47. The van der Waals surface area contributed by atoms with Crippen molar-refractivity contribution in [3.63, 3.8) is 0 Å². The quantitative estimate of drug-likeness (QED) is 0.765. The highest BCUT2D eigenvalue weighted by Gasteiger charge is 2.20. The number of rotatable bonds is 6. The zero-order valence-corrected chi connectivity index (χ0v) is 11.5. The van der Waals surface area contributed by atoms with Gasteiger partial charge in [0.25, 0.3) is 0 Å². The van der Waals surface area contributed by atoms with Crippen LogP contribution in [0.2, 0.25) is 0 Å². The number of hydrogen-bond donors (Lipinski definition) is 1. The van der Waals surface area contributed by atoms with Crippen molar-refractivity contribution < 1.29 is 9.53 Å². The van der Waals surface area contributed by atoms with Gasteiger partial charge in [0.05, 0.1) is 12.6 Å². The van der Waals surface area contributed by atoms with Crippen molar-refractivity contribution in [3.05, 3.63) is 0 Å². The van der Waals surface area contributed by atoms with Crippen LogP contribution in [0.5, 0.6) is 0 Å². The third-order valence-electron chi connectivity index (χ3n) is 3.07. The molecule has 0 spiro atoms. The predicted octanol–water partition coefficient (Wildman–Crippen LogP) is 1.40. The zero-order chi connectivity index (χ0) is 12.8. The van der Waals surface area contributed by atoms with Crippen LogP contribution in [0, 0.1) is 0 Å². The molecule has 0 aliphatic carbocycles. The van der Waals surface area contributed by atoms with E-state index >= 15 is 0 Å². The molecule has 0 aromatic carbocycles. The maximum Gasteiger partial charge on any atom is 0.236 e. The number of amides is 1. The third kappa shape index (κ3) is 4.64. The SMILES string of the molecule is CC(C)N(C(=O)CNCC1CCCO1)C(C)C. The third-order valence-corrected chi connectivity index (χ3v) is 3.07. The molecule has 100 valence electrons. The van der Waals surface area contributed by atoms with Crippen LogP contribution in [-0.2, 0) is 9.53 Å². The summed E-state index contributed by atoms with van der Waals surface area (Å²) in [5.41, 5.74) is 0. The van der Waals surface area contributed by atoms with Crippen LogP contribution < -0.4 is 5.32 Å². The number of carbonyl (C=O) groups excluding carboxylic acids is 1. The van der Waals surface area contributed by atoms with Crippen LogP contribution in [0.1, 0.15) is 40.5 Å². The molecule has 4 nitrogen and oxygen atoms in total. The average Bonchev–Trinajstić information content (AvgIpc) is 2.69. The van der Waals surface area contributed by atoms with E-state index in [0.29, 0.717) is 12.6 Å². The van der Waals surface area contributed by atoms with Gasteiger partial charge in [0, 0.05) is 25.2 Å². The smallest absolute Gasteiger partial charge is 0.236 e. The molecule has 0 bridgehead atoms. The largest absolute Gasteiger partial charge is 0.377 e. The van der Waals surface area contributed by atoms with E-state index in [2.05, 4.69) is 33.0 Å². The first-order valence-corrected chi connectivity index (χ1v) is 6.66. The van der Waals surface area contributed by atoms with Gasteiger partial charge in [0.15, 0.2) is 0 Å². The van der Waals surface area contributed by atoms with E-state index < -0.39 is 0 Å². The van der Waals surface area contributed by atoms with Gasteiger partial charge in [0.1, 0.15) is 0 Å². The van der Waals surface area contributed by atoms with Crippen molar-refractivity contribution in [2.24, 2.45) is 0 Å². The lowest BCUT2D eigenvalue weighted by atomic mass is 10.2. The molecule has 1 N–H and O–H groups in total. The second-order valence-corrected chi connectivity index (χ2v) is 5.25. The Hall–Kier alpha value is -0.610. The monoisotopic (exact) mass is 242 g/mol. The maximum absolute atomic E-state index is 12.0. The normalized spacial score (nSPS) is 20.2. The van der Waals surface area contributed by atoms with Crippen LogP contribution >= 0.6 is 0 Å². The van der Waals surface area contributed by atoms with Crippen LogP contribution in [-0.4, -0.2) is 48.7 Å². The molecule has 1 aliphatic heterocycles. The van der Waals surface area contributed by atoms with E-state index in [-0.39, 0.29) is 18.0 Å². The highest BCUT2D eigenvalue weighted by atomic mass is 16.5. The Morgan fingerprint density at radius 2 is 2.00 bits per heavy atom. The summed E-state index contributed by atoms with van der Waals surface area (Å²) < 4.78 is 5.50. The van der Waals surface area contributed by atoms with E-state index in [4.69, 9.17) is 4.74 Å². The molecular formula is C13H26N2O2. The average molecular weight is 242 g/mol. The van der Waals surface area contributed by atoms with Gasteiger partial charge in [-0.2, -0.15) is 0 Å². The minimum absolute atomic E-state index is 0.174. The van der Waals surface area contributed by atoms with Crippen molar-refractivity contribution in [2.75, 3.05) is 19.7 Å². The zero-order valence-electron chi connectivity index (χ0n) is 11.5. The van der Waals surface area contributed by atoms with E-state index in [1.54, 1.807) is 0 Å². The van der Waals surface area contributed by atoms with E-state index in [1.165, 1.54) is 0 Å². The van der Waals surface area contributed by atoms with E-state index in [0.717, 1.165) is 26.0 Å². The second-order valence-electron chi connectivity index (χ2n) is 5.25. The Morgan fingerprint density at radius 3 is 2.47 bits per heavy atom. The molecule has 1 unspecified atom stereocenters. The molecule has 17 heavy (non-hydrogen) atoms. The van der Waals surface area contributed by atoms with Crippen LogP contribution in [0.4, 0.5) is 0 Å². The first-order valence-electron chi connectivity index (χ1n) is 6.66. The molecule has 0 aromatic heterocycles. The Labute approximate surface area is 105 Å². The fourth-order valence-electron chi connectivity index (χ4n) is 2.41. The molecule has 1 rings (SSSR count). The number of ether oxygens (including phenoxy) is 1. The molecule has 1 heterocycles. The maximum atomic E-state index is 12.0. The van der Waals surface area contributed by atoms with Crippen LogP contribution in [0.15, 0.2) is 0 Å². The van der Waals surface area contributed by atoms with Gasteiger partial charge < -0.3 is 15.0 Å². The van der Waals surface area contributed by atoms with Gasteiger partial charge in [-0.1, -0.05) is 0 Å². The highest BCUT2D eigenvalue weighted by molar-refractivity contribution is 5.78. The van der Waals surface area contributed by atoms with Crippen molar-refractivity contribution in [1.82, 2.24) is 10.2 Å². The fourth-order valence-corrected chi connectivity index (χ4v) is 2.41. The van der Waals surface area contributed by atoms with E-state index in [9.17, 15) is 4.79 Å². The minimum Gasteiger partial charge on any atom is -0.377 e. The van der Waals surface area contributed by atoms with Gasteiger partial charge >= 0.3 is 0 Å². The van der Waals surface area contributed by atoms with Crippen LogP contribution in [0.3, 0.4) is 0 Å². The molecule has 0 saturated carbocycles. The first kappa shape index (κ1) is 14.5. The summed E-state index contributed by atoms with van der Waals surface area (Å²) in [5.74, 6) is 0.174. The van der Waals surface area contributed by atoms with Gasteiger partial charge in [-0.15, -0.1) is 0 Å². The van der Waals surface area contributed by atoms with Crippen molar-refractivity contribution in [1.29, 1.82) is 0 Å². The Bertz CT molecular complexity index is 228. The minimum atomic E-state index is 0.174. The van der Waals surface area contributed by atoms with Gasteiger partial charge in [-0.3, -0.25) is 4.79 Å². The Morgan fingerprint density at radius 1 is 1.35 bits per heavy atom. The number of carbonyl (C=O) groups is 1. The number of nitrogens with zero attached hydrogens (tertiary/aromatic N) is 1. The van der Waals surface area contributed by atoms with Crippen molar-refractivity contribution in [3.8, 4) is 0 Å². The Balaban J connectivity index is 2.26. The molecule has 4 heteroatoms. The second kappa shape index (κ2) is 6.97. The van der Waals surface area contributed by atoms with E-state index in [1.807, 2.05) is 4.90 Å². The summed E-state index contributed by atoms with van der Waals surface area (Å²) in [6.45, 7) is 10.3. The molecule has 1 amide bonds. The molecule has 1 atom stereocenters. The van der Waals surface area contributed by atoms with Gasteiger partial charge in [-0.05, 0) is 40.5 Å². The Kier molecular flexibility index (Phi) is 5.92. The molecule has 0 radical (unpaired) electrons. The van der Waals surface area contributed by atoms with Gasteiger partial charge in [0.2, 0.25) is 5.91 Å². The topological polar surface area (TPSA) is 41.6 Å². The van der Waals surface area contributed by atoms with Crippen molar-refractivity contribution >= 4 is 5.91 Å². The summed E-state index contributed by atoms with van der Waals surface area (Å²) in [6.07, 6.45) is 2.55. The molecule has 1 fully saturated rings. The standard InChI is InChI=1S/C13H26N2O2/c1-10(2)15(11(3)4)13(16)9-14-8-12-6-5-7-17-12/h10-12,14H,5-9H2,1-4H3. The van der Waals surface area contributed by atoms with Gasteiger partial charge in [-0.25, -0.2) is 0 Å². The first-order chi connectivity index (χ1) is 8.02. The number of hydrogen-bond acceptors (Lipinski definition) is 3. The molecule has 1 aliphatic rings. The molecular weight excluding hydrogens is 216 g/mol. The summed E-state index contributed by atoms with van der Waals surface area (Å²) in [4.78, 5) is 13.9. The summed E-state index contributed by atoms with van der Waals surface area (Å²) in [7, 11) is 0. The highest BCUT2D eigenvalue weighted by Crippen LogP contribution is 2.10.